The van der Waals surface area contributed by atoms with Crippen LogP contribution in [0, 0.1) is 0 Å². The van der Waals surface area contributed by atoms with E-state index in [9.17, 15) is 9.59 Å². The molecule has 1 aromatic carbocycles. The van der Waals surface area contributed by atoms with E-state index in [0.717, 1.165) is 5.56 Å². The van der Waals surface area contributed by atoms with E-state index in [1.807, 2.05) is 0 Å². The Bertz CT molecular complexity index is 426. The lowest BCUT2D eigenvalue weighted by atomic mass is 10.2. The third-order valence-corrected chi connectivity index (χ3v) is 1.78. The summed E-state index contributed by atoms with van der Waals surface area (Å²) in [6, 6.07) is 6.91. The minimum absolute atomic E-state index is 0.137. The van der Waals surface area contributed by atoms with Crippen LogP contribution in [0.3, 0.4) is 0 Å². The van der Waals surface area contributed by atoms with E-state index in [-0.39, 0.29) is 5.91 Å². The van der Waals surface area contributed by atoms with Crippen LogP contribution in [0.15, 0.2) is 29.4 Å². The van der Waals surface area contributed by atoms with E-state index in [4.69, 9.17) is 5.11 Å². The highest BCUT2D eigenvalue weighted by atomic mass is 16.3. The van der Waals surface area contributed by atoms with Crippen molar-refractivity contribution in [3.63, 3.8) is 0 Å². The second-order valence-corrected chi connectivity index (χ2v) is 3.25. The predicted molar refractivity (Wildman–Crippen MR) is 63.6 cm³/mol. The number of amides is 2. The molecular formula is C11H13N3O3. The normalized spacial score (nSPS) is 10.2. The molecule has 0 saturated heterocycles. The first-order valence-electron chi connectivity index (χ1n) is 4.92. The number of hydrogen-bond donors (Lipinski definition) is 3. The quantitative estimate of drug-likeness (QED) is 0.510. The van der Waals surface area contributed by atoms with E-state index in [2.05, 4.69) is 15.8 Å². The fourth-order valence-electron chi connectivity index (χ4n) is 1.07. The van der Waals surface area contributed by atoms with E-state index in [0.29, 0.717) is 5.69 Å². The largest absolute Gasteiger partial charge is 0.386 e. The van der Waals surface area contributed by atoms with Gasteiger partial charge in [0.25, 0.3) is 5.91 Å². The summed E-state index contributed by atoms with van der Waals surface area (Å²) in [6.07, 6.45) is 1.44. The Balaban J connectivity index is 2.56. The molecule has 0 aliphatic heterocycles. The van der Waals surface area contributed by atoms with Crippen LogP contribution in [-0.2, 0) is 9.59 Å². The fourth-order valence-corrected chi connectivity index (χ4v) is 1.07. The van der Waals surface area contributed by atoms with Gasteiger partial charge in [-0.05, 0) is 17.7 Å². The summed E-state index contributed by atoms with van der Waals surface area (Å²) in [5.74, 6) is -0.710. The molecular weight excluding hydrogens is 222 g/mol. The molecule has 0 bridgehead atoms. The van der Waals surface area contributed by atoms with Crippen molar-refractivity contribution in [3.05, 3.63) is 29.8 Å². The van der Waals surface area contributed by atoms with E-state index in [1.54, 1.807) is 24.3 Å². The number of aliphatic hydroxyl groups is 1. The van der Waals surface area contributed by atoms with E-state index in [1.165, 1.54) is 13.1 Å². The zero-order chi connectivity index (χ0) is 12.7. The van der Waals surface area contributed by atoms with Crippen molar-refractivity contribution in [2.24, 2.45) is 5.10 Å². The third kappa shape index (κ3) is 4.89. The average Bonchev–Trinajstić information content (AvgIpc) is 2.30. The van der Waals surface area contributed by atoms with Gasteiger partial charge in [0.15, 0.2) is 0 Å². The minimum atomic E-state index is -0.598. The smallest absolute Gasteiger partial charge is 0.265 e. The number of aliphatic hydroxyl groups excluding tert-OH is 1. The molecule has 17 heavy (non-hydrogen) atoms. The van der Waals surface area contributed by atoms with Crippen molar-refractivity contribution in [3.8, 4) is 0 Å². The molecule has 0 aromatic heterocycles. The van der Waals surface area contributed by atoms with Crippen LogP contribution < -0.4 is 10.7 Å². The molecule has 0 radical (unpaired) electrons. The molecule has 0 saturated carbocycles. The molecule has 0 heterocycles. The van der Waals surface area contributed by atoms with Gasteiger partial charge in [0.05, 0.1) is 6.21 Å². The van der Waals surface area contributed by atoms with Gasteiger partial charge in [-0.25, -0.2) is 5.43 Å². The highest BCUT2D eigenvalue weighted by Crippen LogP contribution is 2.07. The first kappa shape index (κ1) is 12.9. The average molecular weight is 235 g/mol. The van der Waals surface area contributed by atoms with Crippen LogP contribution >= 0.6 is 0 Å². The number of nitrogens with one attached hydrogen (secondary N) is 2. The van der Waals surface area contributed by atoms with Crippen molar-refractivity contribution in [2.45, 2.75) is 6.92 Å². The first-order valence-corrected chi connectivity index (χ1v) is 4.92. The second kappa shape index (κ2) is 6.39. The maximum absolute atomic E-state index is 10.8. The molecule has 3 N–H and O–H groups in total. The zero-order valence-corrected chi connectivity index (χ0v) is 9.30. The highest BCUT2D eigenvalue weighted by molar-refractivity contribution is 5.89. The summed E-state index contributed by atoms with van der Waals surface area (Å²) >= 11 is 0. The maximum Gasteiger partial charge on any atom is 0.265 e. The Morgan fingerprint density at radius 1 is 1.35 bits per heavy atom. The Morgan fingerprint density at radius 2 is 2.00 bits per heavy atom. The van der Waals surface area contributed by atoms with E-state index >= 15 is 0 Å². The lowest BCUT2D eigenvalue weighted by Gasteiger charge is -2.01. The fraction of sp³-hybridized carbons (Fsp3) is 0.182. The standard InChI is InChI=1S/C11H13N3O3/c1-8(16)13-10-4-2-9(3-5-10)6-12-14-11(17)7-15/h2-6,15H,7H2,1H3,(H,13,16)(H,14,17)/b12-6-. The SMILES string of the molecule is CC(=O)Nc1ccc(/C=N\NC(=O)CO)cc1. The van der Waals surface area contributed by atoms with Crippen LogP contribution in [0.1, 0.15) is 12.5 Å². The summed E-state index contributed by atoms with van der Waals surface area (Å²) < 4.78 is 0. The molecule has 0 fully saturated rings. The summed E-state index contributed by atoms with van der Waals surface area (Å²) in [5.41, 5.74) is 3.59. The second-order valence-electron chi connectivity index (χ2n) is 3.25. The van der Waals surface area contributed by atoms with Crippen LogP contribution in [0.25, 0.3) is 0 Å². The van der Waals surface area contributed by atoms with Gasteiger partial charge < -0.3 is 10.4 Å². The molecule has 0 atom stereocenters. The van der Waals surface area contributed by atoms with Crippen LogP contribution in [0.5, 0.6) is 0 Å². The molecule has 1 aromatic rings. The molecule has 0 spiro atoms. The third-order valence-electron chi connectivity index (χ3n) is 1.78. The molecule has 1 rings (SSSR count). The lowest BCUT2D eigenvalue weighted by Crippen LogP contribution is -2.20. The number of anilines is 1. The summed E-state index contributed by atoms with van der Waals surface area (Å²) in [6.45, 7) is 0.832. The van der Waals surface area contributed by atoms with Crippen molar-refractivity contribution < 1.29 is 14.7 Å². The summed E-state index contributed by atoms with van der Waals surface area (Å²) in [5, 5.41) is 14.7. The zero-order valence-electron chi connectivity index (χ0n) is 9.30. The van der Waals surface area contributed by atoms with Crippen LogP contribution in [0.2, 0.25) is 0 Å². The summed E-state index contributed by atoms with van der Waals surface area (Å²) in [7, 11) is 0. The Labute approximate surface area is 98.3 Å². The summed E-state index contributed by atoms with van der Waals surface area (Å²) in [4.78, 5) is 21.4. The molecule has 6 nitrogen and oxygen atoms in total. The van der Waals surface area contributed by atoms with Crippen molar-refractivity contribution in [2.75, 3.05) is 11.9 Å². The van der Waals surface area contributed by atoms with Crippen LogP contribution in [0.4, 0.5) is 5.69 Å². The highest BCUT2D eigenvalue weighted by Gasteiger charge is 1.95. The predicted octanol–water partition coefficient (Wildman–Crippen LogP) is 0.0874. The number of rotatable bonds is 4. The Kier molecular flexibility index (Phi) is 4.83. The van der Waals surface area contributed by atoms with Crippen LogP contribution in [-0.4, -0.2) is 29.7 Å². The molecule has 6 heteroatoms. The topological polar surface area (TPSA) is 90.8 Å². The van der Waals surface area contributed by atoms with Gasteiger partial charge in [0.2, 0.25) is 5.91 Å². The first-order chi connectivity index (χ1) is 8.11. The maximum atomic E-state index is 10.8. The molecule has 2 amide bonds. The number of carbonyl (C=O) groups is 2. The van der Waals surface area contributed by atoms with Gasteiger partial charge in [-0.3, -0.25) is 9.59 Å². The van der Waals surface area contributed by atoms with Gasteiger partial charge in [-0.2, -0.15) is 5.10 Å². The number of carbonyl (C=O) groups excluding carboxylic acids is 2. The molecule has 0 aliphatic carbocycles. The number of hydrogen-bond acceptors (Lipinski definition) is 4. The van der Waals surface area contributed by atoms with Gasteiger partial charge >= 0.3 is 0 Å². The number of nitrogens with zero attached hydrogens (tertiary/aromatic N) is 1. The van der Waals surface area contributed by atoms with Gasteiger partial charge in [0.1, 0.15) is 6.61 Å². The Hall–Kier alpha value is -2.21. The van der Waals surface area contributed by atoms with Gasteiger partial charge in [-0.15, -0.1) is 0 Å². The molecule has 0 unspecified atom stereocenters. The molecule has 90 valence electrons. The number of hydrazone groups is 1. The number of benzene rings is 1. The van der Waals surface area contributed by atoms with Gasteiger partial charge in [-0.1, -0.05) is 12.1 Å². The van der Waals surface area contributed by atoms with E-state index < -0.39 is 12.5 Å². The lowest BCUT2D eigenvalue weighted by molar-refractivity contribution is -0.123. The monoisotopic (exact) mass is 235 g/mol. The van der Waals surface area contributed by atoms with Crippen molar-refractivity contribution in [1.82, 2.24) is 5.43 Å². The van der Waals surface area contributed by atoms with Gasteiger partial charge in [0, 0.05) is 12.6 Å². The van der Waals surface area contributed by atoms with Crippen molar-refractivity contribution in [1.29, 1.82) is 0 Å². The Morgan fingerprint density at radius 3 is 2.53 bits per heavy atom. The molecule has 0 aliphatic rings. The van der Waals surface area contributed by atoms with Crippen molar-refractivity contribution >= 4 is 23.7 Å². The minimum Gasteiger partial charge on any atom is -0.386 e.